The van der Waals surface area contributed by atoms with Crippen molar-refractivity contribution >= 4 is 39.4 Å². The first-order chi connectivity index (χ1) is 17.6. The molecule has 1 aliphatic carbocycles. The molecule has 0 spiro atoms. The van der Waals surface area contributed by atoms with Crippen LogP contribution in [0.3, 0.4) is 0 Å². The molecule has 5 aromatic rings. The summed E-state index contributed by atoms with van der Waals surface area (Å²) in [4.78, 5) is 28.5. The maximum absolute atomic E-state index is 13.9. The van der Waals surface area contributed by atoms with Crippen molar-refractivity contribution in [1.82, 2.24) is 24.2 Å². The molecule has 0 atom stereocenters. The van der Waals surface area contributed by atoms with Crippen LogP contribution in [-0.4, -0.2) is 30.4 Å². The Labute approximate surface area is 208 Å². The van der Waals surface area contributed by atoms with Crippen LogP contribution in [0, 0.1) is 13.8 Å². The highest BCUT2D eigenvalue weighted by atomic mass is 16.1. The van der Waals surface area contributed by atoms with Gasteiger partial charge in [0, 0.05) is 6.54 Å². The number of aryl methyl sites for hydroxylation is 2. The van der Waals surface area contributed by atoms with E-state index in [0.29, 0.717) is 34.6 Å². The molecular weight excluding hydrogens is 448 g/mol. The lowest BCUT2D eigenvalue weighted by atomic mass is 9.97. The number of rotatable bonds is 5. The van der Waals surface area contributed by atoms with Crippen molar-refractivity contribution < 1.29 is 0 Å². The highest BCUT2D eigenvalue weighted by Gasteiger charge is 2.21. The summed E-state index contributed by atoms with van der Waals surface area (Å²) in [5.41, 5.74) is 6.50. The van der Waals surface area contributed by atoms with Crippen LogP contribution in [0.1, 0.15) is 49.1 Å². The van der Waals surface area contributed by atoms with E-state index in [1.165, 1.54) is 18.4 Å². The van der Waals surface area contributed by atoms with Crippen LogP contribution in [0.25, 0.3) is 33.2 Å². The topological polar surface area (TPSA) is 78.0 Å². The Hall–Kier alpha value is -4.13. The van der Waals surface area contributed by atoms with E-state index in [9.17, 15) is 4.79 Å². The zero-order chi connectivity index (χ0) is 24.6. The third kappa shape index (κ3) is 4.00. The SMILES string of the molecule is Cc1cccc(/C=N\n2c3nc4ccccc4nc3c3c(=O)n(CCC4=CCCCC4)c(C)nc32)c1. The molecule has 3 aromatic heterocycles. The molecule has 6 rings (SSSR count). The van der Waals surface area contributed by atoms with Gasteiger partial charge in [-0.15, -0.1) is 0 Å². The summed E-state index contributed by atoms with van der Waals surface area (Å²) in [7, 11) is 0. The van der Waals surface area contributed by atoms with Gasteiger partial charge in [-0.1, -0.05) is 53.6 Å². The number of benzene rings is 2. The molecule has 0 saturated carbocycles. The first-order valence-electron chi connectivity index (χ1n) is 12.6. The van der Waals surface area contributed by atoms with E-state index in [4.69, 9.17) is 20.1 Å². The summed E-state index contributed by atoms with van der Waals surface area (Å²) in [6.07, 6.45) is 9.72. The van der Waals surface area contributed by atoms with E-state index in [1.807, 2.05) is 56.3 Å². The van der Waals surface area contributed by atoms with Crippen LogP contribution in [-0.2, 0) is 6.54 Å². The van der Waals surface area contributed by atoms with Crippen molar-refractivity contribution in [1.29, 1.82) is 0 Å². The fourth-order valence-corrected chi connectivity index (χ4v) is 5.05. The molecule has 0 N–H and O–H groups in total. The molecule has 0 bridgehead atoms. The Morgan fingerprint density at radius 1 is 0.972 bits per heavy atom. The van der Waals surface area contributed by atoms with Crippen LogP contribution in [0.5, 0.6) is 0 Å². The van der Waals surface area contributed by atoms with Gasteiger partial charge in [-0.2, -0.15) is 9.78 Å². The Morgan fingerprint density at radius 2 is 1.81 bits per heavy atom. The largest absolute Gasteiger partial charge is 0.296 e. The summed E-state index contributed by atoms with van der Waals surface area (Å²) < 4.78 is 3.44. The van der Waals surface area contributed by atoms with Gasteiger partial charge >= 0.3 is 0 Å². The Morgan fingerprint density at radius 3 is 2.58 bits per heavy atom. The molecular formula is C29H28N6O. The van der Waals surface area contributed by atoms with Gasteiger partial charge in [-0.05, 0) is 63.6 Å². The van der Waals surface area contributed by atoms with Gasteiger partial charge in [0.1, 0.15) is 16.7 Å². The highest BCUT2D eigenvalue weighted by Crippen LogP contribution is 2.26. The van der Waals surface area contributed by atoms with Gasteiger partial charge in [0.15, 0.2) is 11.3 Å². The number of aromatic nitrogens is 5. The van der Waals surface area contributed by atoms with Crippen molar-refractivity contribution in [2.45, 2.75) is 52.5 Å². The third-order valence-electron chi connectivity index (χ3n) is 6.94. The smallest absolute Gasteiger partial charge is 0.265 e. The fourth-order valence-electron chi connectivity index (χ4n) is 5.05. The lowest BCUT2D eigenvalue weighted by Gasteiger charge is -2.14. The Bertz CT molecular complexity index is 1740. The number of hydrogen-bond donors (Lipinski definition) is 0. The molecule has 36 heavy (non-hydrogen) atoms. The average molecular weight is 477 g/mol. The number of nitrogens with zero attached hydrogens (tertiary/aromatic N) is 6. The quantitative estimate of drug-likeness (QED) is 0.241. The second-order valence-corrected chi connectivity index (χ2v) is 9.53. The predicted molar refractivity (Wildman–Crippen MR) is 145 cm³/mol. The summed E-state index contributed by atoms with van der Waals surface area (Å²) in [6.45, 7) is 4.55. The monoisotopic (exact) mass is 476 g/mol. The van der Waals surface area contributed by atoms with Crippen molar-refractivity contribution in [3.05, 3.63) is 87.5 Å². The standard InChI is InChI=1S/C29H28N6O/c1-19-9-8-12-22(17-19)18-30-35-27-25(26-28(35)33-24-14-7-6-13-23(24)32-26)29(36)34(20(2)31-27)16-15-21-10-4-3-5-11-21/h6-10,12-14,17-18H,3-5,11,15-16H2,1-2H3/b30-18-. The highest BCUT2D eigenvalue weighted by molar-refractivity contribution is 6.05. The number of para-hydroxylation sites is 2. The van der Waals surface area contributed by atoms with Crippen molar-refractivity contribution in [2.75, 3.05) is 0 Å². The normalized spacial score (nSPS) is 14.3. The summed E-state index contributed by atoms with van der Waals surface area (Å²) in [5.74, 6) is 0.670. The van der Waals surface area contributed by atoms with Gasteiger partial charge in [0.2, 0.25) is 0 Å². The zero-order valence-corrected chi connectivity index (χ0v) is 20.6. The Kier molecular flexibility index (Phi) is 5.68. The summed E-state index contributed by atoms with van der Waals surface area (Å²) in [5, 5.41) is 5.21. The molecule has 2 aromatic carbocycles. The number of fused-ring (bicyclic) bond motifs is 4. The van der Waals surface area contributed by atoms with Gasteiger partial charge in [-0.3, -0.25) is 9.36 Å². The molecule has 7 heteroatoms. The van der Waals surface area contributed by atoms with E-state index in [-0.39, 0.29) is 5.56 Å². The molecule has 180 valence electrons. The second kappa shape index (κ2) is 9.15. The number of hydrogen-bond acceptors (Lipinski definition) is 5. The first-order valence-corrected chi connectivity index (χ1v) is 12.6. The van der Waals surface area contributed by atoms with E-state index < -0.39 is 0 Å². The number of allylic oxidation sites excluding steroid dienone is 2. The van der Waals surface area contributed by atoms with Crippen LogP contribution in [0.4, 0.5) is 0 Å². The van der Waals surface area contributed by atoms with E-state index in [1.54, 1.807) is 15.5 Å². The Balaban J connectivity index is 1.56. The third-order valence-corrected chi connectivity index (χ3v) is 6.94. The summed E-state index contributed by atoms with van der Waals surface area (Å²) >= 11 is 0. The van der Waals surface area contributed by atoms with Crippen LogP contribution in [0.15, 0.2) is 70.1 Å². The van der Waals surface area contributed by atoms with Gasteiger partial charge in [-0.25, -0.2) is 15.0 Å². The van der Waals surface area contributed by atoms with Gasteiger partial charge in [0.25, 0.3) is 5.56 Å². The average Bonchev–Trinajstić information content (AvgIpc) is 3.18. The molecule has 0 fully saturated rings. The lowest BCUT2D eigenvalue weighted by molar-refractivity contribution is 0.597. The fraction of sp³-hybridized carbons (Fsp3) is 0.276. The molecule has 3 heterocycles. The van der Waals surface area contributed by atoms with Crippen LogP contribution in [0.2, 0.25) is 0 Å². The molecule has 0 amide bonds. The van der Waals surface area contributed by atoms with Crippen molar-refractivity contribution in [3.8, 4) is 0 Å². The van der Waals surface area contributed by atoms with Gasteiger partial charge in [0.05, 0.1) is 17.2 Å². The molecule has 0 saturated heterocycles. The molecule has 0 aliphatic heterocycles. The minimum absolute atomic E-state index is 0.0898. The minimum Gasteiger partial charge on any atom is -0.296 e. The van der Waals surface area contributed by atoms with Crippen molar-refractivity contribution in [2.24, 2.45) is 5.10 Å². The van der Waals surface area contributed by atoms with Crippen molar-refractivity contribution in [3.63, 3.8) is 0 Å². The maximum Gasteiger partial charge on any atom is 0.265 e. The minimum atomic E-state index is -0.0898. The molecule has 0 radical (unpaired) electrons. The van der Waals surface area contributed by atoms with Crippen LogP contribution >= 0.6 is 0 Å². The molecule has 0 unspecified atom stereocenters. The second-order valence-electron chi connectivity index (χ2n) is 9.53. The van der Waals surface area contributed by atoms with E-state index in [2.05, 4.69) is 12.1 Å². The van der Waals surface area contributed by atoms with E-state index >= 15 is 0 Å². The molecule has 7 nitrogen and oxygen atoms in total. The lowest BCUT2D eigenvalue weighted by Crippen LogP contribution is -2.24. The predicted octanol–water partition coefficient (Wildman–Crippen LogP) is 5.68. The maximum atomic E-state index is 13.9. The van der Waals surface area contributed by atoms with E-state index in [0.717, 1.165) is 41.4 Å². The first kappa shape index (κ1) is 22.3. The molecule has 1 aliphatic rings. The van der Waals surface area contributed by atoms with Gasteiger partial charge < -0.3 is 0 Å². The zero-order valence-electron chi connectivity index (χ0n) is 20.6. The van der Waals surface area contributed by atoms with Crippen LogP contribution < -0.4 is 5.56 Å². The summed E-state index contributed by atoms with van der Waals surface area (Å²) in [6, 6.07) is 15.8.